The summed E-state index contributed by atoms with van der Waals surface area (Å²) < 4.78 is 5.73. The van der Waals surface area contributed by atoms with Crippen molar-refractivity contribution in [3.8, 4) is 5.75 Å². The minimum atomic E-state index is -1.16. The predicted molar refractivity (Wildman–Crippen MR) is 85.7 cm³/mol. The number of aliphatic hydroxyl groups excluding tert-OH is 1. The topological polar surface area (TPSA) is 58.6 Å². The van der Waals surface area contributed by atoms with Crippen LogP contribution in [0.3, 0.4) is 0 Å². The largest absolute Gasteiger partial charge is 0.489 e. The quantitative estimate of drug-likeness (QED) is 0.862. The van der Waals surface area contributed by atoms with Gasteiger partial charge in [-0.25, -0.2) is 0 Å². The van der Waals surface area contributed by atoms with Gasteiger partial charge in [-0.3, -0.25) is 4.79 Å². The van der Waals surface area contributed by atoms with E-state index in [0.29, 0.717) is 12.1 Å². The Morgan fingerprint density at radius 3 is 2.59 bits per heavy atom. The van der Waals surface area contributed by atoms with Crippen LogP contribution in [0.5, 0.6) is 5.75 Å². The first kappa shape index (κ1) is 16.0. The summed E-state index contributed by atoms with van der Waals surface area (Å²) in [7, 11) is 0. The zero-order valence-corrected chi connectivity index (χ0v) is 12.8. The van der Waals surface area contributed by atoms with Crippen LogP contribution >= 0.6 is 0 Å². The number of nitrogens with one attached hydrogen (secondary N) is 1. The van der Waals surface area contributed by atoms with Crippen molar-refractivity contribution in [1.29, 1.82) is 0 Å². The second-order valence-electron chi connectivity index (χ2n) is 5.30. The molecule has 0 aromatic heterocycles. The van der Waals surface area contributed by atoms with Crippen LogP contribution in [0.2, 0.25) is 0 Å². The van der Waals surface area contributed by atoms with E-state index in [9.17, 15) is 9.90 Å². The van der Waals surface area contributed by atoms with Crippen molar-refractivity contribution in [2.45, 2.75) is 26.1 Å². The van der Waals surface area contributed by atoms with Crippen molar-refractivity contribution >= 4 is 5.91 Å². The Morgan fingerprint density at radius 1 is 1.18 bits per heavy atom. The molecule has 2 rings (SSSR count). The van der Waals surface area contributed by atoms with E-state index in [1.54, 1.807) is 24.3 Å². The van der Waals surface area contributed by atoms with Gasteiger partial charge in [0.1, 0.15) is 11.9 Å². The van der Waals surface area contributed by atoms with Crippen LogP contribution < -0.4 is 10.1 Å². The van der Waals surface area contributed by atoms with Gasteiger partial charge in [0, 0.05) is 0 Å². The van der Waals surface area contributed by atoms with Crippen LogP contribution in [0.25, 0.3) is 0 Å². The average molecular weight is 299 g/mol. The Morgan fingerprint density at radius 2 is 1.91 bits per heavy atom. The standard InChI is InChI=1S/C18H21NO3/c1-13-7-6-10-16(11-13)22-14(2)12-19-18(21)17(20)15-8-4-3-5-9-15/h3-11,14,17,20H,12H2,1-2H3,(H,19,21). The summed E-state index contributed by atoms with van der Waals surface area (Å²) in [5.74, 6) is 0.344. The van der Waals surface area contributed by atoms with Gasteiger partial charge >= 0.3 is 0 Å². The number of ether oxygens (including phenoxy) is 1. The van der Waals surface area contributed by atoms with E-state index < -0.39 is 12.0 Å². The van der Waals surface area contributed by atoms with Gasteiger partial charge in [0.05, 0.1) is 6.54 Å². The SMILES string of the molecule is Cc1cccc(OC(C)CNC(=O)C(O)c2ccccc2)c1. The van der Waals surface area contributed by atoms with Crippen molar-refractivity contribution < 1.29 is 14.6 Å². The maximum atomic E-state index is 11.9. The molecule has 22 heavy (non-hydrogen) atoms. The molecule has 0 spiro atoms. The highest BCUT2D eigenvalue weighted by atomic mass is 16.5. The number of carbonyl (C=O) groups excluding carboxylic acids is 1. The Balaban J connectivity index is 1.83. The highest BCUT2D eigenvalue weighted by molar-refractivity contribution is 5.81. The first-order valence-corrected chi connectivity index (χ1v) is 7.30. The molecule has 0 radical (unpaired) electrons. The maximum absolute atomic E-state index is 11.9. The highest BCUT2D eigenvalue weighted by Gasteiger charge is 2.17. The Labute approximate surface area is 130 Å². The molecule has 2 aromatic carbocycles. The fraction of sp³-hybridized carbons (Fsp3) is 0.278. The van der Waals surface area contributed by atoms with Gasteiger partial charge in [-0.2, -0.15) is 0 Å². The number of benzene rings is 2. The van der Waals surface area contributed by atoms with Crippen molar-refractivity contribution in [2.24, 2.45) is 0 Å². The molecular weight excluding hydrogens is 278 g/mol. The molecule has 0 bridgehead atoms. The molecule has 4 nitrogen and oxygen atoms in total. The molecule has 4 heteroatoms. The zero-order valence-electron chi connectivity index (χ0n) is 12.8. The summed E-state index contributed by atoms with van der Waals surface area (Å²) >= 11 is 0. The van der Waals surface area contributed by atoms with E-state index in [-0.39, 0.29) is 6.10 Å². The fourth-order valence-electron chi connectivity index (χ4n) is 2.09. The number of aryl methyl sites for hydroxylation is 1. The van der Waals surface area contributed by atoms with Crippen LogP contribution in [0.4, 0.5) is 0 Å². The first-order chi connectivity index (χ1) is 10.6. The fourth-order valence-corrected chi connectivity index (χ4v) is 2.09. The lowest BCUT2D eigenvalue weighted by Crippen LogP contribution is -2.36. The molecule has 2 aromatic rings. The summed E-state index contributed by atoms with van der Waals surface area (Å²) in [6.07, 6.45) is -1.35. The van der Waals surface area contributed by atoms with Gasteiger partial charge in [-0.15, -0.1) is 0 Å². The van der Waals surface area contributed by atoms with Gasteiger partial charge in [-0.05, 0) is 37.1 Å². The molecule has 0 fully saturated rings. The molecule has 0 heterocycles. The highest BCUT2D eigenvalue weighted by Crippen LogP contribution is 2.14. The summed E-state index contributed by atoms with van der Waals surface area (Å²) in [5, 5.41) is 12.7. The normalized spacial score (nSPS) is 13.2. The van der Waals surface area contributed by atoms with E-state index in [1.165, 1.54) is 0 Å². The number of aliphatic hydroxyl groups is 1. The lowest BCUT2D eigenvalue weighted by molar-refractivity contribution is -0.129. The maximum Gasteiger partial charge on any atom is 0.253 e. The summed E-state index contributed by atoms with van der Waals surface area (Å²) in [5.41, 5.74) is 1.69. The molecule has 2 N–H and O–H groups in total. The minimum absolute atomic E-state index is 0.186. The monoisotopic (exact) mass is 299 g/mol. The third-order valence-electron chi connectivity index (χ3n) is 3.25. The second kappa shape index (κ2) is 7.61. The number of hydrogen-bond donors (Lipinski definition) is 2. The molecule has 2 unspecified atom stereocenters. The van der Waals surface area contributed by atoms with E-state index in [2.05, 4.69) is 5.32 Å². The molecular formula is C18H21NO3. The Hall–Kier alpha value is -2.33. The van der Waals surface area contributed by atoms with Gasteiger partial charge in [0.25, 0.3) is 5.91 Å². The van der Waals surface area contributed by atoms with Crippen molar-refractivity contribution in [3.05, 3.63) is 65.7 Å². The van der Waals surface area contributed by atoms with Gasteiger partial charge in [0.2, 0.25) is 0 Å². The van der Waals surface area contributed by atoms with Gasteiger partial charge in [-0.1, -0.05) is 42.5 Å². The van der Waals surface area contributed by atoms with Gasteiger partial charge in [0.15, 0.2) is 6.10 Å². The average Bonchev–Trinajstić information content (AvgIpc) is 2.52. The van der Waals surface area contributed by atoms with Gasteiger partial charge < -0.3 is 15.2 Å². The zero-order chi connectivity index (χ0) is 15.9. The van der Waals surface area contributed by atoms with Crippen molar-refractivity contribution in [1.82, 2.24) is 5.32 Å². The van der Waals surface area contributed by atoms with E-state index in [1.807, 2.05) is 44.2 Å². The number of amides is 1. The predicted octanol–water partition coefficient (Wildman–Crippen LogP) is 2.61. The Bertz CT molecular complexity index is 613. The van der Waals surface area contributed by atoms with Crippen LogP contribution in [0, 0.1) is 6.92 Å². The van der Waals surface area contributed by atoms with E-state index in [0.717, 1.165) is 11.3 Å². The van der Waals surface area contributed by atoms with Crippen molar-refractivity contribution in [2.75, 3.05) is 6.54 Å². The van der Waals surface area contributed by atoms with Crippen LogP contribution in [-0.2, 0) is 4.79 Å². The second-order valence-corrected chi connectivity index (χ2v) is 5.30. The third-order valence-corrected chi connectivity index (χ3v) is 3.25. The molecule has 0 aliphatic rings. The van der Waals surface area contributed by atoms with Crippen LogP contribution in [0.1, 0.15) is 24.2 Å². The molecule has 0 aliphatic heterocycles. The number of rotatable bonds is 6. The molecule has 116 valence electrons. The smallest absolute Gasteiger partial charge is 0.253 e. The number of carbonyl (C=O) groups is 1. The molecule has 1 amide bonds. The first-order valence-electron chi connectivity index (χ1n) is 7.30. The summed E-state index contributed by atoms with van der Waals surface area (Å²) in [4.78, 5) is 11.9. The van der Waals surface area contributed by atoms with Crippen LogP contribution in [0.15, 0.2) is 54.6 Å². The van der Waals surface area contributed by atoms with E-state index >= 15 is 0 Å². The molecule has 0 aliphatic carbocycles. The summed E-state index contributed by atoms with van der Waals surface area (Å²) in [6.45, 7) is 4.20. The minimum Gasteiger partial charge on any atom is -0.489 e. The lowest BCUT2D eigenvalue weighted by Gasteiger charge is -2.17. The summed E-state index contributed by atoms with van der Waals surface area (Å²) in [6, 6.07) is 16.6. The van der Waals surface area contributed by atoms with E-state index in [4.69, 9.17) is 4.74 Å². The third kappa shape index (κ3) is 4.60. The molecule has 2 atom stereocenters. The van der Waals surface area contributed by atoms with Crippen molar-refractivity contribution in [3.63, 3.8) is 0 Å². The molecule has 0 saturated heterocycles. The number of hydrogen-bond acceptors (Lipinski definition) is 3. The lowest BCUT2D eigenvalue weighted by atomic mass is 10.1. The Kier molecular flexibility index (Phi) is 5.55. The van der Waals surface area contributed by atoms with Crippen LogP contribution in [-0.4, -0.2) is 23.7 Å². The molecule has 0 saturated carbocycles.